The van der Waals surface area contributed by atoms with Crippen molar-refractivity contribution >= 4 is 27.5 Å². The Balaban J connectivity index is 2.73. The Morgan fingerprint density at radius 1 is 1.25 bits per heavy atom. The van der Waals surface area contributed by atoms with Gasteiger partial charge in [-0.15, -0.1) is 0 Å². The maximum absolute atomic E-state index is 13.6. The first-order valence-corrected chi connectivity index (χ1v) is 7.39. The summed E-state index contributed by atoms with van der Waals surface area (Å²) in [5.41, 5.74) is 0.0884. The van der Waals surface area contributed by atoms with Gasteiger partial charge in [-0.3, -0.25) is 4.79 Å². The first-order valence-electron chi connectivity index (χ1n) is 6.60. The van der Waals surface area contributed by atoms with Crippen LogP contribution >= 0.6 is 15.9 Å². The predicted octanol–water partition coefficient (Wildman–Crippen LogP) is 3.83. The Kier molecular flexibility index (Phi) is 6.39. The van der Waals surface area contributed by atoms with E-state index >= 15 is 0 Å². The van der Waals surface area contributed by atoms with Gasteiger partial charge in [-0.25, -0.2) is 8.78 Å². The summed E-state index contributed by atoms with van der Waals surface area (Å²) in [6.07, 6.45) is 1.68. The highest BCUT2D eigenvalue weighted by Crippen LogP contribution is 2.24. The molecule has 20 heavy (non-hydrogen) atoms. The van der Waals surface area contributed by atoms with Crippen LogP contribution in [0.3, 0.4) is 0 Å². The van der Waals surface area contributed by atoms with E-state index in [0.717, 1.165) is 18.9 Å². The first-order chi connectivity index (χ1) is 9.38. The number of amides is 1. The lowest BCUT2D eigenvalue weighted by Crippen LogP contribution is -2.42. The summed E-state index contributed by atoms with van der Waals surface area (Å²) in [6.45, 7) is 5.61. The van der Waals surface area contributed by atoms with Gasteiger partial charge >= 0.3 is 0 Å². The zero-order valence-corrected chi connectivity index (χ0v) is 13.4. The lowest BCUT2D eigenvalue weighted by Gasteiger charge is -2.20. The van der Waals surface area contributed by atoms with Crippen molar-refractivity contribution in [3.8, 4) is 0 Å². The Morgan fingerprint density at radius 3 is 2.40 bits per heavy atom. The van der Waals surface area contributed by atoms with Gasteiger partial charge in [0.15, 0.2) is 0 Å². The third-order valence-electron chi connectivity index (χ3n) is 3.11. The fraction of sp³-hybridized carbons (Fsp3) is 0.500. The number of carbonyl (C=O) groups is 1. The molecule has 6 heteroatoms. The van der Waals surface area contributed by atoms with Crippen LogP contribution in [0.25, 0.3) is 0 Å². The molecule has 1 amide bonds. The molecule has 1 aromatic rings. The minimum atomic E-state index is -0.729. The zero-order chi connectivity index (χ0) is 15.3. The normalized spacial score (nSPS) is 12.3. The monoisotopic (exact) mass is 348 g/mol. The molecule has 0 radical (unpaired) electrons. The minimum Gasteiger partial charge on any atom is -0.371 e. The topological polar surface area (TPSA) is 41.1 Å². The molecule has 0 aromatic heterocycles. The highest BCUT2D eigenvalue weighted by molar-refractivity contribution is 9.10. The standard InChI is InChI=1S/C14H19BrF2N2O/c1-4-9(5-2)19-14(20)8(3)18-13-6-10(15)11(16)7-12(13)17/h6-9,18H,4-5H2,1-3H3,(H,19,20). The molecule has 2 N–H and O–H groups in total. The third kappa shape index (κ3) is 4.44. The summed E-state index contributed by atoms with van der Waals surface area (Å²) in [5, 5.41) is 5.62. The number of nitrogens with one attached hydrogen (secondary N) is 2. The second kappa shape index (κ2) is 7.57. The number of hydrogen-bond acceptors (Lipinski definition) is 2. The van der Waals surface area contributed by atoms with E-state index in [1.54, 1.807) is 6.92 Å². The van der Waals surface area contributed by atoms with Gasteiger partial charge in [0.25, 0.3) is 0 Å². The van der Waals surface area contributed by atoms with Crippen LogP contribution in [0.5, 0.6) is 0 Å². The lowest BCUT2D eigenvalue weighted by atomic mass is 10.1. The maximum Gasteiger partial charge on any atom is 0.242 e. The summed E-state index contributed by atoms with van der Waals surface area (Å²) in [7, 11) is 0. The summed E-state index contributed by atoms with van der Waals surface area (Å²) < 4.78 is 26.9. The van der Waals surface area contributed by atoms with Crippen molar-refractivity contribution in [2.24, 2.45) is 0 Å². The molecular formula is C14H19BrF2N2O. The van der Waals surface area contributed by atoms with Crippen molar-refractivity contribution in [1.29, 1.82) is 0 Å². The zero-order valence-electron chi connectivity index (χ0n) is 11.8. The van der Waals surface area contributed by atoms with Crippen LogP contribution in [0.4, 0.5) is 14.5 Å². The molecule has 1 unspecified atom stereocenters. The average Bonchev–Trinajstić information content (AvgIpc) is 2.41. The molecule has 0 aliphatic rings. The number of anilines is 1. The van der Waals surface area contributed by atoms with Gasteiger partial charge in [0.05, 0.1) is 10.2 Å². The summed E-state index contributed by atoms with van der Waals surface area (Å²) in [5.74, 6) is -1.62. The molecule has 0 saturated carbocycles. The quantitative estimate of drug-likeness (QED) is 0.767. The van der Waals surface area contributed by atoms with Crippen LogP contribution in [0.15, 0.2) is 16.6 Å². The molecule has 1 rings (SSSR count). The van der Waals surface area contributed by atoms with Crippen molar-refractivity contribution in [2.45, 2.75) is 45.7 Å². The highest BCUT2D eigenvalue weighted by Gasteiger charge is 2.18. The number of benzene rings is 1. The minimum absolute atomic E-state index is 0.0884. The van der Waals surface area contributed by atoms with Gasteiger partial charge in [0, 0.05) is 12.1 Å². The fourth-order valence-electron chi connectivity index (χ4n) is 1.75. The molecule has 112 valence electrons. The Bertz CT molecular complexity index is 478. The molecular weight excluding hydrogens is 330 g/mol. The van der Waals surface area contributed by atoms with Crippen molar-refractivity contribution in [3.05, 3.63) is 28.2 Å². The summed E-state index contributed by atoms with van der Waals surface area (Å²) in [4.78, 5) is 12.0. The van der Waals surface area contributed by atoms with Crippen LogP contribution in [0.1, 0.15) is 33.6 Å². The fourth-order valence-corrected chi connectivity index (χ4v) is 2.09. The molecule has 0 saturated heterocycles. The van der Waals surface area contributed by atoms with Crippen molar-refractivity contribution < 1.29 is 13.6 Å². The van der Waals surface area contributed by atoms with E-state index in [-0.39, 0.29) is 22.1 Å². The Morgan fingerprint density at radius 2 is 1.85 bits per heavy atom. The largest absolute Gasteiger partial charge is 0.371 e. The number of hydrogen-bond donors (Lipinski definition) is 2. The number of carbonyl (C=O) groups excluding carboxylic acids is 1. The van der Waals surface area contributed by atoms with Gasteiger partial charge in [-0.05, 0) is 41.8 Å². The molecule has 0 fully saturated rings. The second-order valence-corrected chi connectivity index (χ2v) is 5.49. The van der Waals surface area contributed by atoms with E-state index in [1.807, 2.05) is 13.8 Å². The molecule has 1 aromatic carbocycles. The van der Waals surface area contributed by atoms with E-state index in [0.29, 0.717) is 0 Å². The molecule has 0 spiro atoms. The van der Waals surface area contributed by atoms with Crippen molar-refractivity contribution in [3.63, 3.8) is 0 Å². The van der Waals surface area contributed by atoms with Crippen LogP contribution in [0, 0.1) is 11.6 Å². The third-order valence-corrected chi connectivity index (χ3v) is 3.71. The van der Waals surface area contributed by atoms with E-state index in [2.05, 4.69) is 26.6 Å². The van der Waals surface area contributed by atoms with E-state index < -0.39 is 17.7 Å². The molecule has 0 bridgehead atoms. The van der Waals surface area contributed by atoms with E-state index in [1.165, 1.54) is 6.07 Å². The van der Waals surface area contributed by atoms with Crippen LogP contribution in [0.2, 0.25) is 0 Å². The number of halogens is 3. The van der Waals surface area contributed by atoms with Gasteiger partial charge in [0.1, 0.15) is 17.7 Å². The average molecular weight is 349 g/mol. The van der Waals surface area contributed by atoms with Crippen molar-refractivity contribution in [2.75, 3.05) is 5.32 Å². The molecule has 0 heterocycles. The summed E-state index contributed by atoms with van der Waals surface area (Å²) in [6, 6.07) is 1.56. The van der Waals surface area contributed by atoms with E-state index in [9.17, 15) is 13.6 Å². The van der Waals surface area contributed by atoms with Crippen molar-refractivity contribution in [1.82, 2.24) is 5.32 Å². The SMILES string of the molecule is CCC(CC)NC(=O)C(C)Nc1cc(Br)c(F)cc1F. The van der Waals surface area contributed by atoms with Gasteiger partial charge in [-0.2, -0.15) is 0 Å². The molecule has 3 nitrogen and oxygen atoms in total. The number of rotatable bonds is 6. The lowest BCUT2D eigenvalue weighted by molar-refractivity contribution is -0.122. The van der Waals surface area contributed by atoms with Gasteiger partial charge < -0.3 is 10.6 Å². The maximum atomic E-state index is 13.6. The molecule has 0 aliphatic carbocycles. The Hall–Kier alpha value is -1.17. The first kappa shape index (κ1) is 16.9. The predicted molar refractivity (Wildman–Crippen MR) is 79.7 cm³/mol. The molecule has 1 atom stereocenters. The van der Waals surface area contributed by atoms with Crippen LogP contribution in [-0.2, 0) is 4.79 Å². The van der Waals surface area contributed by atoms with E-state index in [4.69, 9.17) is 0 Å². The highest BCUT2D eigenvalue weighted by atomic mass is 79.9. The van der Waals surface area contributed by atoms with Gasteiger partial charge in [0.2, 0.25) is 5.91 Å². The van der Waals surface area contributed by atoms with Gasteiger partial charge in [-0.1, -0.05) is 13.8 Å². The van der Waals surface area contributed by atoms with Crippen LogP contribution in [-0.4, -0.2) is 18.0 Å². The smallest absolute Gasteiger partial charge is 0.242 e. The molecule has 0 aliphatic heterocycles. The Labute approximate surface area is 126 Å². The van der Waals surface area contributed by atoms with Crippen LogP contribution < -0.4 is 10.6 Å². The summed E-state index contributed by atoms with van der Waals surface area (Å²) >= 11 is 2.99. The second-order valence-electron chi connectivity index (χ2n) is 4.63.